The van der Waals surface area contributed by atoms with E-state index in [-0.39, 0.29) is 23.4 Å². The minimum absolute atomic E-state index is 0.0407. The van der Waals surface area contributed by atoms with Crippen molar-refractivity contribution in [2.75, 3.05) is 6.54 Å². The highest BCUT2D eigenvalue weighted by Crippen LogP contribution is 2.18. The number of amides is 1. The van der Waals surface area contributed by atoms with Crippen LogP contribution in [0.2, 0.25) is 0 Å². The molecule has 1 amide bonds. The van der Waals surface area contributed by atoms with Crippen LogP contribution in [0, 0.1) is 12.8 Å². The number of nitrogens with two attached hydrogens (primary N) is 1. The van der Waals surface area contributed by atoms with E-state index in [1.807, 2.05) is 0 Å². The monoisotopic (exact) mass is 367 g/mol. The van der Waals surface area contributed by atoms with E-state index in [9.17, 15) is 13.6 Å². The summed E-state index contributed by atoms with van der Waals surface area (Å²) in [6.07, 6.45) is 0.765. The summed E-state index contributed by atoms with van der Waals surface area (Å²) in [5.41, 5.74) is 7.01. The van der Waals surface area contributed by atoms with Gasteiger partial charge in [0.15, 0.2) is 5.69 Å². The SMILES string of the molecule is Cc1c(C(=O)NC(CN)CC(C)C)nnn1-c1ccc(OC(F)F)cc1. The summed E-state index contributed by atoms with van der Waals surface area (Å²) >= 11 is 0. The van der Waals surface area contributed by atoms with Gasteiger partial charge in [0.05, 0.1) is 11.4 Å². The maximum Gasteiger partial charge on any atom is 0.387 e. The number of hydrogen-bond acceptors (Lipinski definition) is 5. The Hall–Kier alpha value is -2.55. The highest BCUT2D eigenvalue weighted by atomic mass is 19.3. The van der Waals surface area contributed by atoms with E-state index in [4.69, 9.17) is 5.73 Å². The number of benzene rings is 1. The van der Waals surface area contributed by atoms with E-state index >= 15 is 0 Å². The topological polar surface area (TPSA) is 95.1 Å². The van der Waals surface area contributed by atoms with Crippen molar-refractivity contribution in [3.63, 3.8) is 0 Å². The number of nitrogens with zero attached hydrogens (tertiary/aromatic N) is 3. The molecule has 2 rings (SSSR count). The molecule has 2 aromatic rings. The number of nitrogens with one attached hydrogen (secondary N) is 1. The molecule has 0 aliphatic heterocycles. The molecule has 1 aromatic carbocycles. The quantitative estimate of drug-likeness (QED) is 0.746. The molecule has 0 spiro atoms. The largest absolute Gasteiger partial charge is 0.435 e. The van der Waals surface area contributed by atoms with Crippen LogP contribution in [0.1, 0.15) is 36.5 Å². The van der Waals surface area contributed by atoms with Crippen molar-refractivity contribution in [2.45, 2.75) is 39.8 Å². The third kappa shape index (κ3) is 4.98. The van der Waals surface area contributed by atoms with Gasteiger partial charge in [-0.1, -0.05) is 19.1 Å². The fourth-order valence-corrected chi connectivity index (χ4v) is 2.59. The van der Waals surface area contributed by atoms with Gasteiger partial charge in [-0.25, -0.2) is 4.68 Å². The van der Waals surface area contributed by atoms with Crippen molar-refractivity contribution in [2.24, 2.45) is 11.7 Å². The maximum absolute atomic E-state index is 12.5. The summed E-state index contributed by atoms with van der Waals surface area (Å²) in [6.45, 7) is 3.27. The van der Waals surface area contributed by atoms with E-state index in [1.165, 1.54) is 16.8 Å². The minimum atomic E-state index is -2.88. The van der Waals surface area contributed by atoms with Crippen LogP contribution in [0.3, 0.4) is 0 Å². The molecule has 1 atom stereocenters. The Balaban J connectivity index is 2.15. The van der Waals surface area contributed by atoms with E-state index in [2.05, 4.69) is 34.2 Å². The molecule has 0 saturated carbocycles. The van der Waals surface area contributed by atoms with Gasteiger partial charge in [0.2, 0.25) is 0 Å². The molecule has 0 radical (unpaired) electrons. The first-order valence-corrected chi connectivity index (χ1v) is 8.30. The second kappa shape index (κ2) is 8.70. The second-order valence-electron chi connectivity index (χ2n) is 6.34. The fourth-order valence-electron chi connectivity index (χ4n) is 2.59. The van der Waals surface area contributed by atoms with Crippen LogP contribution < -0.4 is 15.8 Å². The fraction of sp³-hybridized carbons (Fsp3) is 0.471. The van der Waals surface area contributed by atoms with E-state index < -0.39 is 6.61 Å². The standard InChI is InChI=1S/C17H23F2N5O2/c1-10(2)8-12(9-20)21-16(25)15-11(3)24(23-22-15)13-4-6-14(7-5-13)26-17(18)19/h4-7,10,12,17H,8-9,20H2,1-3H3,(H,21,25). The lowest BCUT2D eigenvalue weighted by molar-refractivity contribution is -0.0498. The summed E-state index contributed by atoms with van der Waals surface area (Å²) < 4.78 is 30.2. The Bertz CT molecular complexity index is 731. The van der Waals surface area contributed by atoms with E-state index in [0.29, 0.717) is 23.8 Å². The molecule has 3 N–H and O–H groups in total. The predicted octanol–water partition coefficient (Wildman–Crippen LogP) is 2.28. The van der Waals surface area contributed by atoms with Gasteiger partial charge in [-0.05, 0) is 43.5 Å². The molecule has 0 aliphatic rings. The molecule has 0 fully saturated rings. The zero-order valence-corrected chi connectivity index (χ0v) is 14.9. The number of halogens is 2. The zero-order chi connectivity index (χ0) is 19.3. The molecular weight excluding hydrogens is 344 g/mol. The summed E-state index contributed by atoms with van der Waals surface area (Å²) in [6, 6.07) is 5.77. The van der Waals surface area contributed by atoms with Crippen molar-refractivity contribution < 1.29 is 18.3 Å². The molecule has 142 valence electrons. The maximum atomic E-state index is 12.5. The number of carbonyl (C=O) groups excluding carboxylic acids is 1. The van der Waals surface area contributed by atoms with Crippen LogP contribution in [0.4, 0.5) is 8.78 Å². The molecule has 0 bridgehead atoms. The first-order chi connectivity index (χ1) is 12.3. The van der Waals surface area contributed by atoms with Crippen molar-refractivity contribution in [3.05, 3.63) is 35.7 Å². The first kappa shape index (κ1) is 19.8. The van der Waals surface area contributed by atoms with Gasteiger partial charge in [-0.3, -0.25) is 4.79 Å². The highest BCUT2D eigenvalue weighted by molar-refractivity contribution is 5.93. The number of alkyl halides is 2. The van der Waals surface area contributed by atoms with Gasteiger partial charge in [0, 0.05) is 12.6 Å². The molecular formula is C17H23F2N5O2. The first-order valence-electron chi connectivity index (χ1n) is 8.30. The number of rotatable bonds is 8. The Morgan fingerprint density at radius 2 is 1.96 bits per heavy atom. The summed E-state index contributed by atoms with van der Waals surface area (Å²) in [5, 5.41) is 10.8. The Morgan fingerprint density at radius 3 is 2.50 bits per heavy atom. The average molecular weight is 367 g/mol. The lowest BCUT2D eigenvalue weighted by Gasteiger charge is -2.18. The third-order valence-electron chi connectivity index (χ3n) is 3.79. The molecule has 0 aliphatic carbocycles. The van der Waals surface area contributed by atoms with Gasteiger partial charge in [0.25, 0.3) is 5.91 Å². The molecule has 1 unspecified atom stereocenters. The predicted molar refractivity (Wildman–Crippen MR) is 92.5 cm³/mol. The van der Waals surface area contributed by atoms with Crippen molar-refractivity contribution >= 4 is 5.91 Å². The normalized spacial score (nSPS) is 12.5. The van der Waals surface area contributed by atoms with E-state index in [0.717, 1.165) is 6.42 Å². The molecule has 1 aromatic heterocycles. The minimum Gasteiger partial charge on any atom is -0.435 e. The molecule has 7 nitrogen and oxygen atoms in total. The van der Waals surface area contributed by atoms with Crippen LogP contribution in [-0.4, -0.2) is 40.1 Å². The van der Waals surface area contributed by atoms with Gasteiger partial charge in [-0.15, -0.1) is 5.10 Å². The Labute approximate surface area is 150 Å². The van der Waals surface area contributed by atoms with Gasteiger partial charge >= 0.3 is 6.61 Å². The Morgan fingerprint density at radius 1 is 1.31 bits per heavy atom. The highest BCUT2D eigenvalue weighted by Gasteiger charge is 2.20. The number of ether oxygens (including phenoxy) is 1. The lowest BCUT2D eigenvalue weighted by atomic mass is 10.0. The molecule has 1 heterocycles. The van der Waals surface area contributed by atoms with Crippen LogP contribution >= 0.6 is 0 Å². The van der Waals surface area contributed by atoms with Gasteiger partial charge in [-0.2, -0.15) is 8.78 Å². The smallest absolute Gasteiger partial charge is 0.387 e. The second-order valence-corrected chi connectivity index (χ2v) is 6.34. The number of carbonyl (C=O) groups is 1. The number of hydrogen-bond donors (Lipinski definition) is 2. The lowest BCUT2D eigenvalue weighted by Crippen LogP contribution is -2.41. The van der Waals surface area contributed by atoms with Crippen LogP contribution in [0.15, 0.2) is 24.3 Å². The number of aromatic nitrogens is 3. The summed E-state index contributed by atoms with van der Waals surface area (Å²) in [5.74, 6) is 0.0936. The average Bonchev–Trinajstić information content (AvgIpc) is 2.95. The van der Waals surface area contributed by atoms with Crippen molar-refractivity contribution in [1.29, 1.82) is 0 Å². The van der Waals surface area contributed by atoms with Crippen LogP contribution in [-0.2, 0) is 0 Å². The van der Waals surface area contributed by atoms with E-state index in [1.54, 1.807) is 19.1 Å². The molecule has 9 heteroatoms. The third-order valence-corrected chi connectivity index (χ3v) is 3.79. The van der Waals surface area contributed by atoms with Crippen LogP contribution in [0.25, 0.3) is 5.69 Å². The molecule has 26 heavy (non-hydrogen) atoms. The summed E-state index contributed by atoms with van der Waals surface area (Å²) in [4.78, 5) is 12.5. The molecule has 0 saturated heterocycles. The zero-order valence-electron chi connectivity index (χ0n) is 14.9. The Kier molecular flexibility index (Phi) is 6.62. The van der Waals surface area contributed by atoms with Crippen molar-refractivity contribution in [3.8, 4) is 11.4 Å². The van der Waals surface area contributed by atoms with Gasteiger partial charge < -0.3 is 15.8 Å². The van der Waals surface area contributed by atoms with Crippen molar-refractivity contribution in [1.82, 2.24) is 20.3 Å². The van der Waals surface area contributed by atoms with Gasteiger partial charge in [0.1, 0.15) is 5.75 Å². The summed E-state index contributed by atoms with van der Waals surface area (Å²) in [7, 11) is 0. The van der Waals surface area contributed by atoms with Crippen LogP contribution in [0.5, 0.6) is 5.75 Å².